The summed E-state index contributed by atoms with van der Waals surface area (Å²) in [5, 5.41) is 2.89. The number of rotatable bonds is 4. The number of nitrogens with one attached hydrogen (secondary N) is 1. The van der Waals surface area contributed by atoms with Crippen LogP contribution in [0.25, 0.3) is 0 Å². The highest BCUT2D eigenvalue weighted by Gasteiger charge is 2.07. The van der Waals surface area contributed by atoms with Crippen molar-refractivity contribution < 1.29 is 4.79 Å². The summed E-state index contributed by atoms with van der Waals surface area (Å²) in [6.45, 7) is 3.96. The second-order valence-electron chi connectivity index (χ2n) is 5.17. The first-order valence-corrected chi connectivity index (χ1v) is 7.12. The molecule has 0 radical (unpaired) electrons. The molecule has 0 unspecified atom stereocenters. The number of carbonyl (C=O) groups excluding carboxylic acids is 1. The molecule has 1 amide bonds. The molecule has 2 rings (SSSR count). The van der Waals surface area contributed by atoms with Gasteiger partial charge in [-0.05, 0) is 43.7 Å². The fourth-order valence-corrected chi connectivity index (χ4v) is 2.38. The average molecular weight is 298 g/mol. The summed E-state index contributed by atoms with van der Waals surface area (Å²) in [4.78, 5) is 12.7. The maximum absolute atomic E-state index is 12.2. The zero-order valence-electron chi connectivity index (χ0n) is 12.1. The molecule has 21 heavy (non-hydrogen) atoms. The highest BCUT2D eigenvalue weighted by molar-refractivity contribution is 7.80. The van der Waals surface area contributed by atoms with Gasteiger partial charge >= 0.3 is 0 Å². The number of benzene rings is 2. The van der Waals surface area contributed by atoms with Crippen LogP contribution in [0.15, 0.2) is 42.5 Å². The van der Waals surface area contributed by atoms with E-state index in [0.717, 1.165) is 22.4 Å². The minimum atomic E-state index is -0.108. The number of thiocarbonyl (C=S) groups is 1. The van der Waals surface area contributed by atoms with Crippen LogP contribution < -0.4 is 11.1 Å². The van der Waals surface area contributed by atoms with Gasteiger partial charge in [-0.2, -0.15) is 0 Å². The van der Waals surface area contributed by atoms with Gasteiger partial charge in [-0.1, -0.05) is 41.5 Å². The highest BCUT2D eigenvalue weighted by atomic mass is 32.1. The molecule has 0 saturated carbocycles. The molecule has 108 valence electrons. The van der Waals surface area contributed by atoms with E-state index in [0.29, 0.717) is 17.0 Å². The zero-order chi connectivity index (χ0) is 15.4. The van der Waals surface area contributed by atoms with Crippen LogP contribution in [0.4, 0.5) is 5.69 Å². The van der Waals surface area contributed by atoms with Gasteiger partial charge in [-0.15, -0.1) is 0 Å². The maximum atomic E-state index is 12.2. The lowest BCUT2D eigenvalue weighted by Crippen LogP contribution is -2.13. The number of nitrogens with two attached hydrogens (primary N) is 1. The Balaban J connectivity index is 2.10. The fraction of sp³-hybridized carbons (Fsp3) is 0.176. The van der Waals surface area contributed by atoms with E-state index in [4.69, 9.17) is 18.0 Å². The Hall–Kier alpha value is -2.20. The molecule has 0 bridgehead atoms. The molecule has 0 heterocycles. The van der Waals surface area contributed by atoms with Crippen LogP contribution in [0.5, 0.6) is 0 Å². The highest BCUT2D eigenvalue weighted by Crippen LogP contribution is 2.14. The minimum absolute atomic E-state index is 0.108. The normalized spacial score (nSPS) is 10.2. The first kappa shape index (κ1) is 15.2. The Kier molecular flexibility index (Phi) is 4.70. The lowest BCUT2D eigenvalue weighted by Gasteiger charge is -2.08. The molecule has 3 N–H and O–H groups in total. The van der Waals surface area contributed by atoms with Crippen LogP contribution in [-0.4, -0.2) is 10.9 Å². The third kappa shape index (κ3) is 4.39. The molecule has 0 atom stereocenters. The second-order valence-corrected chi connectivity index (χ2v) is 5.69. The number of anilines is 1. The number of amides is 1. The molecule has 2 aromatic rings. The van der Waals surface area contributed by atoms with Gasteiger partial charge in [0.15, 0.2) is 0 Å². The first-order valence-electron chi connectivity index (χ1n) is 6.71. The van der Waals surface area contributed by atoms with Gasteiger partial charge in [0.2, 0.25) is 0 Å². The van der Waals surface area contributed by atoms with Crippen molar-refractivity contribution in [2.75, 3.05) is 5.32 Å². The van der Waals surface area contributed by atoms with Crippen LogP contribution >= 0.6 is 12.2 Å². The molecule has 0 fully saturated rings. The van der Waals surface area contributed by atoms with E-state index >= 15 is 0 Å². The molecule has 3 nitrogen and oxygen atoms in total. The summed E-state index contributed by atoms with van der Waals surface area (Å²) in [5.74, 6) is -0.108. The fourth-order valence-electron chi connectivity index (χ4n) is 2.22. The van der Waals surface area contributed by atoms with Crippen molar-refractivity contribution >= 4 is 28.8 Å². The Morgan fingerprint density at radius 3 is 2.19 bits per heavy atom. The number of hydrogen-bond donors (Lipinski definition) is 2. The van der Waals surface area contributed by atoms with Crippen molar-refractivity contribution in [1.29, 1.82) is 0 Å². The predicted molar refractivity (Wildman–Crippen MR) is 90.8 cm³/mol. The minimum Gasteiger partial charge on any atom is -0.393 e. The van der Waals surface area contributed by atoms with Gasteiger partial charge < -0.3 is 11.1 Å². The number of carbonyl (C=O) groups is 1. The van der Waals surface area contributed by atoms with Crippen LogP contribution in [0.2, 0.25) is 0 Å². The third-order valence-corrected chi connectivity index (χ3v) is 3.22. The van der Waals surface area contributed by atoms with E-state index in [2.05, 4.69) is 5.32 Å². The van der Waals surface area contributed by atoms with E-state index in [-0.39, 0.29) is 5.91 Å². The van der Waals surface area contributed by atoms with Gasteiger partial charge in [-0.25, -0.2) is 0 Å². The number of hydrogen-bond acceptors (Lipinski definition) is 2. The smallest absolute Gasteiger partial charge is 0.255 e. The van der Waals surface area contributed by atoms with Crippen molar-refractivity contribution in [3.63, 3.8) is 0 Å². The van der Waals surface area contributed by atoms with Crippen molar-refractivity contribution in [3.8, 4) is 0 Å². The van der Waals surface area contributed by atoms with E-state index in [1.807, 2.05) is 56.3 Å². The van der Waals surface area contributed by atoms with Crippen molar-refractivity contribution in [2.24, 2.45) is 5.73 Å². The Morgan fingerprint density at radius 2 is 1.67 bits per heavy atom. The van der Waals surface area contributed by atoms with Crippen molar-refractivity contribution in [3.05, 3.63) is 64.7 Å². The lowest BCUT2D eigenvalue weighted by molar-refractivity contribution is 0.102. The largest absolute Gasteiger partial charge is 0.393 e. The van der Waals surface area contributed by atoms with E-state index in [9.17, 15) is 4.79 Å². The molecule has 0 aliphatic rings. The summed E-state index contributed by atoms with van der Waals surface area (Å²) in [6, 6.07) is 13.3. The van der Waals surface area contributed by atoms with Crippen molar-refractivity contribution in [2.45, 2.75) is 20.3 Å². The average Bonchev–Trinajstić information content (AvgIpc) is 2.39. The van der Waals surface area contributed by atoms with Crippen LogP contribution in [0.1, 0.15) is 27.0 Å². The Bertz CT molecular complexity index is 657. The summed E-state index contributed by atoms with van der Waals surface area (Å²) in [7, 11) is 0. The molecular weight excluding hydrogens is 280 g/mol. The van der Waals surface area contributed by atoms with E-state index < -0.39 is 0 Å². The van der Waals surface area contributed by atoms with Gasteiger partial charge in [-0.3, -0.25) is 4.79 Å². The topological polar surface area (TPSA) is 55.1 Å². The molecule has 0 aromatic heterocycles. The van der Waals surface area contributed by atoms with Crippen LogP contribution in [0.3, 0.4) is 0 Å². The van der Waals surface area contributed by atoms with Crippen molar-refractivity contribution in [1.82, 2.24) is 0 Å². The van der Waals surface area contributed by atoms with Crippen LogP contribution in [0, 0.1) is 13.8 Å². The molecular formula is C17H18N2OS. The molecule has 0 spiro atoms. The van der Waals surface area contributed by atoms with Crippen LogP contribution in [-0.2, 0) is 6.42 Å². The monoisotopic (exact) mass is 298 g/mol. The van der Waals surface area contributed by atoms with E-state index in [1.165, 1.54) is 0 Å². The summed E-state index contributed by atoms with van der Waals surface area (Å²) in [5.41, 5.74) is 10.1. The Labute approximate surface area is 130 Å². The molecule has 0 aliphatic heterocycles. The third-order valence-electron chi connectivity index (χ3n) is 3.07. The summed E-state index contributed by atoms with van der Waals surface area (Å²) >= 11 is 4.88. The lowest BCUT2D eigenvalue weighted by atomic mass is 10.1. The quantitative estimate of drug-likeness (QED) is 0.851. The molecule has 2 aromatic carbocycles. The first-order chi connectivity index (χ1) is 9.94. The van der Waals surface area contributed by atoms with Gasteiger partial charge in [0.05, 0.1) is 4.99 Å². The summed E-state index contributed by atoms with van der Waals surface area (Å²) < 4.78 is 0. The number of aryl methyl sites for hydroxylation is 2. The molecule has 0 aliphatic carbocycles. The SMILES string of the molecule is Cc1cc(C)cc(C(=O)Nc2ccc(CC(N)=S)cc2)c1. The van der Waals surface area contributed by atoms with Gasteiger partial charge in [0.25, 0.3) is 5.91 Å². The van der Waals surface area contributed by atoms with E-state index in [1.54, 1.807) is 0 Å². The second kappa shape index (κ2) is 6.50. The maximum Gasteiger partial charge on any atom is 0.255 e. The van der Waals surface area contributed by atoms with Gasteiger partial charge in [0, 0.05) is 17.7 Å². The molecule has 4 heteroatoms. The predicted octanol–water partition coefficient (Wildman–Crippen LogP) is 3.38. The Morgan fingerprint density at radius 1 is 1.10 bits per heavy atom. The zero-order valence-corrected chi connectivity index (χ0v) is 13.0. The van der Waals surface area contributed by atoms with Gasteiger partial charge in [0.1, 0.15) is 0 Å². The standard InChI is InChI=1S/C17H18N2OS/c1-11-7-12(2)9-14(8-11)17(20)19-15-5-3-13(4-6-15)10-16(18)21/h3-9H,10H2,1-2H3,(H2,18,21)(H,19,20). The summed E-state index contributed by atoms with van der Waals surface area (Å²) in [6.07, 6.45) is 0.570. The molecule has 0 saturated heterocycles.